The van der Waals surface area contributed by atoms with Crippen molar-refractivity contribution in [2.75, 3.05) is 23.4 Å². The van der Waals surface area contributed by atoms with Crippen molar-refractivity contribution in [3.63, 3.8) is 0 Å². The molecule has 0 aliphatic carbocycles. The molecule has 9 nitrogen and oxygen atoms in total. The molecule has 3 aromatic rings. The van der Waals surface area contributed by atoms with Gasteiger partial charge in [-0.2, -0.15) is 5.10 Å². The maximum Gasteiger partial charge on any atom is 0.276 e. The zero-order valence-electron chi connectivity index (χ0n) is 18.2. The maximum absolute atomic E-state index is 13.1. The maximum atomic E-state index is 13.1. The van der Waals surface area contributed by atoms with E-state index in [1.165, 1.54) is 23.9 Å². The third-order valence-electron chi connectivity index (χ3n) is 4.81. The van der Waals surface area contributed by atoms with Crippen molar-refractivity contribution in [3.05, 3.63) is 58.5 Å². The Kier molecular flexibility index (Phi) is 7.14. The predicted octanol–water partition coefficient (Wildman–Crippen LogP) is 3.22. The predicted molar refractivity (Wildman–Crippen MR) is 125 cm³/mol. The highest BCUT2D eigenvalue weighted by Crippen LogP contribution is 2.29. The molecule has 1 amide bonds. The van der Waals surface area contributed by atoms with Gasteiger partial charge in [0.15, 0.2) is 5.69 Å². The summed E-state index contributed by atoms with van der Waals surface area (Å²) in [4.78, 5) is 25.9. The van der Waals surface area contributed by atoms with Gasteiger partial charge in [0, 0.05) is 23.7 Å². The highest BCUT2D eigenvalue weighted by atomic mass is 32.2. The molecule has 2 N–H and O–H groups in total. The minimum absolute atomic E-state index is 0.133. The van der Waals surface area contributed by atoms with Crippen LogP contribution < -0.4 is 20.3 Å². The fourth-order valence-electron chi connectivity index (χ4n) is 3.31. The van der Waals surface area contributed by atoms with Gasteiger partial charge >= 0.3 is 0 Å². The number of hydrogen-bond acceptors (Lipinski definition) is 6. The van der Waals surface area contributed by atoms with Gasteiger partial charge in [-0.25, -0.2) is 13.1 Å². The summed E-state index contributed by atoms with van der Waals surface area (Å²) in [6.45, 7) is 2.50. The number of amides is 1. The van der Waals surface area contributed by atoms with E-state index in [0.717, 1.165) is 25.5 Å². The number of ether oxygens (including phenoxy) is 1. The second-order valence-electron chi connectivity index (χ2n) is 7.37. The Morgan fingerprint density at radius 3 is 2.50 bits per heavy atom. The van der Waals surface area contributed by atoms with Gasteiger partial charge in [-0.15, -0.1) is 0 Å². The number of aromatic nitrogens is 2. The molecular weight excluding hydrogens is 432 g/mol. The lowest BCUT2D eigenvalue weighted by molar-refractivity contribution is 0.102. The average molecular weight is 459 g/mol. The molecule has 0 radical (unpaired) electrons. The van der Waals surface area contributed by atoms with E-state index in [9.17, 15) is 18.0 Å². The smallest absolute Gasteiger partial charge is 0.276 e. The Morgan fingerprint density at radius 1 is 1.12 bits per heavy atom. The first-order chi connectivity index (χ1) is 15.2. The lowest BCUT2D eigenvalue weighted by Crippen LogP contribution is -2.27. The molecule has 1 heterocycles. The first kappa shape index (κ1) is 23.3. The van der Waals surface area contributed by atoms with E-state index in [-0.39, 0.29) is 22.7 Å². The first-order valence-electron chi connectivity index (χ1n) is 10.2. The number of rotatable bonds is 9. The molecule has 0 atom stereocenters. The van der Waals surface area contributed by atoms with Crippen LogP contribution in [-0.2, 0) is 16.6 Å². The Hall–Kier alpha value is -3.40. The number of hydrogen-bond donors (Lipinski definition) is 2. The third-order valence-corrected chi connectivity index (χ3v) is 5.40. The second kappa shape index (κ2) is 9.82. The Morgan fingerprint density at radius 2 is 1.84 bits per heavy atom. The van der Waals surface area contributed by atoms with E-state index >= 15 is 0 Å². The summed E-state index contributed by atoms with van der Waals surface area (Å²) >= 11 is 0. The third kappa shape index (κ3) is 5.44. The molecule has 2 aromatic carbocycles. The zero-order chi connectivity index (χ0) is 23.3. The number of nitrogens with one attached hydrogen (secondary N) is 2. The van der Waals surface area contributed by atoms with Crippen molar-refractivity contribution < 1.29 is 17.9 Å². The number of anilines is 2. The van der Waals surface area contributed by atoms with Crippen LogP contribution in [-0.4, -0.2) is 37.5 Å². The number of unbranched alkanes of at least 4 members (excludes halogenated alkanes) is 2. The number of benzene rings is 2. The van der Waals surface area contributed by atoms with Gasteiger partial charge in [0.05, 0.1) is 24.4 Å². The molecule has 0 aliphatic heterocycles. The van der Waals surface area contributed by atoms with Crippen LogP contribution in [0.4, 0.5) is 11.4 Å². The van der Waals surface area contributed by atoms with E-state index in [1.54, 1.807) is 30.3 Å². The molecular formula is C22H26N4O5S. The minimum atomic E-state index is -3.49. The molecule has 0 spiro atoms. The quantitative estimate of drug-likeness (QED) is 0.475. The number of carbonyl (C=O) groups excluding carboxylic acids is 1. The number of fused-ring (bicyclic) bond motifs is 1. The van der Waals surface area contributed by atoms with Crippen LogP contribution in [0.1, 0.15) is 36.7 Å². The van der Waals surface area contributed by atoms with Crippen molar-refractivity contribution >= 4 is 38.1 Å². The standard InChI is InChI=1S/C22H26N4O5S/c1-4-5-8-13-26-22(28)17-10-7-6-9-16(17)20(24-26)21(27)23-15-11-12-18(19(14-15)31-2)25-32(3,29)30/h6-7,9-12,14,25H,4-5,8,13H2,1-3H3,(H,23,27). The van der Waals surface area contributed by atoms with Crippen LogP contribution >= 0.6 is 0 Å². The monoisotopic (exact) mass is 458 g/mol. The normalized spacial score (nSPS) is 11.3. The van der Waals surface area contributed by atoms with Crippen molar-refractivity contribution in [2.24, 2.45) is 0 Å². The highest BCUT2D eigenvalue weighted by Gasteiger charge is 2.18. The Balaban J connectivity index is 1.96. The SMILES string of the molecule is CCCCCn1nc(C(=O)Nc2ccc(NS(C)(=O)=O)c(OC)c2)c2ccccc2c1=O. The van der Waals surface area contributed by atoms with Gasteiger partial charge in [0.25, 0.3) is 11.5 Å². The molecule has 3 rings (SSSR count). The van der Waals surface area contributed by atoms with Gasteiger partial charge in [-0.1, -0.05) is 38.0 Å². The van der Waals surface area contributed by atoms with Gasteiger partial charge in [0.1, 0.15) is 5.75 Å². The van der Waals surface area contributed by atoms with Crippen molar-refractivity contribution in [1.29, 1.82) is 0 Å². The fourth-order valence-corrected chi connectivity index (χ4v) is 3.88. The van der Waals surface area contributed by atoms with E-state index in [0.29, 0.717) is 23.0 Å². The summed E-state index contributed by atoms with van der Waals surface area (Å²) in [7, 11) is -2.09. The van der Waals surface area contributed by atoms with Crippen LogP contribution in [0.3, 0.4) is 0 Å². The van der Waals surface area contributed by atoms with Crippen molar-refractivity contribution in [3.8, 4) is 5.75 Å². The summed E-state index contributed by atoms with van der Waals surface area (Å²) in [5.41, 5.74) is 0.543. The molecule has 0 saturated carbocycles. The number of aryl methyl sites for hydroxylation is 1. The first-order valence-corrected chi connectivity index (χ1v) is 12.1. The summed E-state index contributed by atoms with van der Waals surface area (Å²) in [6.07, 6.45) is 3.78. The van der Waals surface area contributed by atoms with Crippen molar-refractivity contribution in [1.82, 2.24) is 9.78 Å². The largest absolute Gasteiger partial charge is 0.494 e. The topological polar surface area (TPSA) is 119 Å². The summed E-state index contributed by atoms with van der Waals surface area (Å²) < 4.78 is 32.0. The van der Waals surface area contributed by atoms with E-state index < -0.39 is 15.9 Å². The van der Waals surface area contributed by atoms with E-state index in [1.807, 2.05) is 0 Å². The van der Waals surface area contributed by atoms with E-state index in [2.05, 4.69) is 22.1 Å². The van der Waals surface area contributed by atoms with Crippen LogP contribution in [0, 0.1) is 0 Å². The number of carbonyl (C=O) groups is 1. The number of nitrogens with zero attached hydrogens (tertiary/aromatic N) is 2. The summed E-state index contributed by atoms with van der Waals surface area (Å²) in [6, 6.07) is 11.4. The van der Waals surface area contributed by atoms with Gasteiger partial charge in [-0.05, 0) is 24.6 Å². The number of sulfonamides is 1. The molecule has 0 aliphatic rings. The molecule has 0 saturated heterocycles. The molecule has 1 aromatic heterocycles. The highest BCUT2D eigenvalue weighted by molar-refractivity contribution is 7.92. The van der Waals surface area contributed by atoms with E-state index in [4.69, 9.17) is 4.74 Å². The second-order valence-corrected chi connectivity index (χ2v) is 9.12. The molecule has 10 heteroatoms. The molecule has 170 valence electrons. The van der Waals surface area contributed by atoms with Crippen LogP contribution in [0.2, 0.25) is 0 Å². The Labute approximate surface area is 186 Å². The van der Waals surface area contributed by atoms with Crippen LogP contribution in [0.15, 0.2) is 47.3 Å². The van der Waals surface area contributed by atoms with Gasteiger partial charge < -0.3 is 10.1 Å². The number of methoxy groups -OCH3 is 1. The van der Waals surface area contributed by atoms with Gasteiger partial charge in [0.2, 0.25) is 10.0 Å². The summed E-state index contributed by atoms with van der Waals surface area (Å²) in [5, 5.41) is 7.99. The fraction of sp³-hybridized carbons (Fsp3) is 0.318. The molecule has 0 fully saturated rings. The molecule has 0 bridgehead atoms. The lowest BCUT2D eigenvalue weighted by Gasteiger charge is -2.13. The molecule has 32 heavy (non-hydrogen) atoms. The lowest BCUT2D eigenvalue weighted by atomic mass is 10.1. The summed E-state index contributed by atoms with van der Waals surface area (Å²) in [5.74, 6) is -0.244. The minimum Gasteiger partial charge on any atom is -0.494 e. The zero-order valence-corrected chi connectivity index (χ0v) is 19.0. The van der Waals surface area contributed by atoms with Crippen LogP contribution in [0.5, 0.6) is 5.75 Å². The molecule has 0 unspecified atom stereocenters. The average Bonchev–Trinajstić information content (AvgIpc) is 2.75. The van der Waals surface area contributed by atoms with Crippen LogP contribution in [0.25, 0.3) is 10.8 Å². The van der Waals surface area contributed by atoms with Gasteiger partial charge in [-0.3, -0.25) is 14.3 Å². The Bertz CT molecular complexity index is 1300. The van der Waals surface area contributed by atoms with Crippen molar-refractivity contribution in [2.45, 2.75) is 32.7 Å².